The zero-order valence-electron chi connectivity index (χ0n) is 12.9. The van der Waals surface area contributed by atoms with Gasteiger partial charge >= 0.3 is 0 Å². The number of nitrogens with one attached hydrogen (secondary N) is 1. The van der Waals surface area contributed by atoms with Crippen molar-refractivity contribution in [2.24, 2.45) is 0 Å². The second-order valence-corrected chi connectivity index (χ2v) is 5.07. The third-order valence-electron chi connectivity index (χ3n) is 3.47. The molecule has 0 atom stereocenters. The van der Waals surface area contributed by atoms with Gasteiger partial charge in [0.25, 0.3) is 0 Å². The lowest BCUT2D eigenvalue weighted by Crippen LogP contribution is -2.04. The Kier molecular flexibility index (Phi) is 5.09. The third kappa shape index (κ3) is 3.68. The Hall–Kier alpha value is -2.17. The molecule has 1 aromatic heterocycles. The number of anilines is 1. The number of aromatic hydroxyl groups is 1. The molecule has 2 N–H and O–H groups in total. The van der Waals surface area contributed by atoms with Gasteiger partial charge in [0.2, 0.25) is 0 Å². The fraction of sp³-hybridized carbons (Fsp3) is 0.438. The molecule has 0 saturated carbocycles. The second-order valence-electron chi connectivity index (χ2n) is 5.07. The number of ether oxygens (including phenoxy) is 1. The van der Waals surface area contributed by atoms with Crippen LogP contribution in [0.15, 0.2) is 24.3 Å². The summed E-state index contributed by atoms with van der Waals surface area (Å²) in [7, 11) is 1.55. The van der Waals surface area contributed by atoms with Crippen LogP contribution in [0.1, 0.15) is 31.0 Å². The molecule has 0 radical (unpaired) electrons. The third-order valence-corrected chi connectivity index (χ3v) is 3.47. The Morgan fingerprint density at radius 1 is 1.38 bits per heavy atom. The molecule has 0 aliphatic carbocycles. The molecular weight excluding hydrogens is 266 g/mol. The number of hydrogen-bond donors (Lipinski definition) is 2. The minimum absolute atomic E-state index is 0.176. The van der Waals surface area contributed by atoms with Gasteiger partial charge in [0, 0.05) is 30.4 Å². The first kappa shape index (κ1) is 15.2. The minimum atomic E-state index is 0.176. The van der Waals surface area contributed by atoms with Crippen LogP contribution >= 0.6 is 0 Å². The highest BCUT2D eigenvalue weighted by Crippen LogP contribution is 2.29. The van der Waals surface area contributed by atoms with Gasteiger partial charge in [-0.25, -0.2) is 0 Å². The lowest BCUT2D eigenvalue weighted by molar-refractivity contribution is 0.371. The van der Waals surface area contributed by atoms with Crippen LogP contribution in [0.5, 0.6) is 11.5 Å². The normalized spacial score (nSPS) is 10.6. The average Bonchev–Trinajstić information content (AvgIpc) is 2.84. The Morgan fingerprint density at radius 3 is 2.90 bits per heavy atom. The number of nitrogens with zero attached hydrogens (tertiary/aromatic N) is 2. The van der Waals surface area contributed by atoms with E-state index in [4.69, 9.17) is 4.74 Å². The van der Waals surface area contributed by atoms with E-state index in [2.05, 4.69) is 24.3 Å². The summed E-state index contributed by atoms with van der Waals surface area (Å²) in [6, 6.07) is 7.49. The lowest BCUT2D eigenvalue weighted by Gasteiger charge is -2.09. The van der Waals surface area contributed by atoms with Crippen LogP contribution in [0.2, 0.25) is 0 Å². The number of aromatic nitrogens is 2. The van der Waals surface area contributed by atoms with Crippen LogP contribution in [0.4, 0.5) is 5.82 Å². The van der Waals surface area contributed by atoms with Gasteiger partial charge in [-0.2, -0.15) is 5.10 Å². The molecule has 114 valence electrons. The van der Waals surface area contributed by atoms with Crippen molar-refractivity contribution < 1.29 is 9.84 Å². The highest BCUT2D eigenvalue weighted by atomic mass is 16.5. The van der Waals surface area contributed by atoms with Gasteiger partial charge in [-0.05, 0) is 19.4 Å². The van der Waals surface area contributed by atoms with Gasteiger partial charge in [0.15, 0.2) is 11.5 Å². The van der Waals surface area contributed by atoms with Crippen molar-refractivity contribution in [3.8, 4) is 11.5 Å². The van der Waals surface area contributed by atoms with Crippen molar-refractivity contribution in [1.29, 1.82) is 0 Å². The van der Waals surface area contributed by atoms with Gasteiger partial charge in [-0.15, -0.1) is 0 Å². The maximum absolute atomic E-state index is 10.1. The van der Waals surface area contributed by atoms with E-state index >= 15 is 0 Å². The van der Waals surface area contributed by atoms with Gasteiger partial charge in [0.1, 0.15) is 5.82 Å². The van der Waals surface area contributed by atoms with Gasteiger partial charge in [-0.1, -0.05) is 25.5 Å². The van der Waals surface area contributed by atoms with E-state index in [1.165, 1.54) is 0 Å². The number of aryl methyl sites for hydroxylation is 2. The predicted molar refractivity (Wildman–Crippen MR) is 83.9 cm³/mol. The lowest BCUT2D eigenvalue weighted by atomic mass is 10.2. The van der Waals surface area contributed by atoms with Crippen molar-refractivity contribution in [3.63, 3.8) is 0 Å². The van der Waals surface area contributed by atoms with E-state index in [1.54, 1.807) is 13.2 Å². The van der Waals surface area contributed by atoms with Gasteiger partial charge in [-0.3, -0.25) is 4.68 Å². The summed E-state index contributed by atoms with van der Waals surface area (Å²) >= 11 is 0. The fourth-order valence-electron chi connectivity index (χ4n) is 2.19. The molecule has 0 bridgehead atoms. The summed E-state index contributed by atoms with van der Waals surface area (Å²) in [6.45, 7) is 5.67. The molecule has 1 heterocycles. The highest BCUT2D eigenvalue weighted by molar-refractivity contribution is 5.47. The van der Waals surface area contributed by atoms with Crippen molar-refractivity contribution in [3.05, 3.63) is 35.5 Å². The first-order chi connectivity index (χ1) is 10.2. The quantitative estimate of drug-likeness (QED) is 0.821. The summed E-state index contributed by atoms with van der Waals surface area (Å²) in [4.78, 5) is 0. The molecule has 0 fully saturated rings. The summed E-state index contributed by atoms with van der Waals surface area (Å²) in [5.41, 5.74) is 1.93. The number of hydrogen-bond acceptors (Lipinski definition) is 4. The molecule has 5 nitrogen and oxygen atoms in total. The SMILES string of the molecule is CCCCn1nc(NCc2cccc(OC)c2O)cc1C. The summed E-state index contributed by atoms with van der Waals surface area (Å²) in [5.74, 6) is 1.49. The number of methoxy groups -OCH3 is 1. The number of para-hydroxylation sites is 1. The molecule has 0 aliphatic rings. The predicted octanol–water partition coefficient (Wildman–Crippen LogP) is 3.32. The number of phenolic OH excluding ortho intramolecular Hbond substituents is 1. The van der Waals surface area contributed by atoms with Crippen LogP contribution in [0.3, 0.4) is 0 Å². The Balaban J connectivity index is 2.03. The van der Waals surface area contributed by atoms with Crippen LogP contribution < -0.4 is 10.1 Å². The van der Waals surface area contributed by atoms with Crippen molar-refractivity contribution >= 4 is 5.82 Å². The van der Waals surface area contributed by atoms with E-state index < -0.39 is 0 Å². The van der Waals surface area contributed by atoms with E-state index in [0.717, 1.165) is 36.5 Å². The summed E-state index contributed by atoms with van der Waals surface area (Å²) in [5, 5.41) is 17.8. The largest absolute Gasteiger partial charge is 0.504 e. The fourth-order valence-corrected chi connectivity index (χ4v) is 2.19. The highest BCUT2D eigenvalue weighted by Gasteiger charge is 2.08. The monoisotopic (exact) mass is 289 g/mol. The summed E-state index contributed by atoms with van der Waals surface area (Å²) in [6.07, 6.45) is 2.28. The Bertz CT molecular complexity index is 593. The second kappa shape index (κ2) is 7.02. The minimum Gasteiger partial charge on any atom is -0.504 e. The molecule has 2 rings (SSSR count). The van der Waals surface area contributed by atoms with Crippen molar-refractivity contribution in [1.82, 2.24) is 9.78 Å². The molecule has 0 amide bonds. The standard InChI is InChI=1S/C16H23N3O2/c1-4-5-9-19-12(2)10-15(18-19)17-11-13-7-6-8-14(21-3)16(13)20/h6-8,10,20H,4-5,9,11H2,1-3H3,(H,17,18). The maximum atomic E-state index is 10.1. The number of benzene rings is 1. The van der Waals surface area contributed by atoms with E-state index in [1.807, 2.05) is 22.9 Å². The summed E-state index contributed by atoms with van der Waals surface area (Å²) < 4.78 is 7.12. The van der Waals surface area contributed by atoms with E-state index in [-0.39, 0.29) is 5.75 Å². The molecule has 0 saturated heterocycles. The molecule has 1 aromatic carbocycles. The van der Waals surface area contributed by atoms with Gasteiger partial charge < -0.3 is 15.2 Å². The molecule has 0 spiro atoms. The zero-order chi connectivity index (χ0) is 15.2. The maximum Gasteiger partial charge on any atom is 0.162 e. The van der Waals surface area contributed by atoms with E-state index in [9.17, 15) is 5.11 Å². The van der Waals surface area contributed by atoms with Crippen molar-refractivity contribution in [2.45, 2.75) is 39.8 Å². The first-order valence-electron chi connectivity index (χ1n) is 7.29. The Labute approximate surface area is 125 Å². The average molecular weight is 289 g/mol. The van der Waals surface area contributed by atoms with Crippen LogP contribution in [0, 0.1) is 6.92 Å². The van der Waals surface area contributed by atoms with Crippen LogP contribution in [-0.2, 0) is 13.1 Å². The number of unbranched alkanes of at least 4 members (excludes halogenated alkanes) is 1. The zero-order valence-corrected chi connectivity index (χ0v) is 12.9. The molecule has 21 heavy (non-hydrogen) atoms. The molecule has 2 aromatic rings. The van der Waals surface area contributed by atoms with Crippen LogP contribution in [-0.4, -0.2) is 22.0 Å². The topological polar surface area (TPSA) is 59.3 Å². The van der Waals surface area contributed by atoms with Crippen LogP contribution in [0.25, 0.3) is 0 Å². The Morgan fingerprint density at radius 2 is 2.19 bits per heavy atom. The van der Waals surface area contributed by atoms with Crippen molar-refractivity contribution in [2.75, 3.05) is 12.4 Å². The molecule has 0 unspecified atom stereocenters. The molecular formula is C16H23N3O2. The number of rotatable bonds is 7. The smallest absolute Gasteiger partial charge is 0.162 e. The van der Waals surface area contributed by atoms with E-state index in [0.29, 0.717) is 12.3 Å². The first-order valence-corrected chi connectivity index (χ1v) is 7.29. The molecule has 0 aliphatic heterocycles. The van der Waals surface area contributed by atoms with Gasteiger partial charge in [0.05, 0.1) is 7.11 Å². The molecule has 5 heteroatoms. The number of phenols is 1.